The number of amides is 3. The van der Waals surface area contributed by atoms with Crippen LogP contribution >= 0.6 is 0 Å². The second kappa shape index (κ2) is 13.5. The molecule has 0 spiro atoms. The summed E-state index contributed by atoms with van der Waals surface area (Å²) in [5, 5.41) is 17.1. The summed E-state index contributed by atoms with van der Waals surface area (Å²) in [4.78, 5) is 35.5. The van der Waals surface area contributed by atoms with Crippen molar-refractivity contribution >= 4 is 23.4 Å². The van der Waals surface area contributed by atoms with Gasteiger partial charge >= 0.3 is 0 Å². The molecule has 0 aromatic heterocycles. The van der Waals surface area contributed by atoms with Crippen LogP contribution in [0, 0.1) is 23.7 Å². The average Bonchev–Trinajstić information content (AvgIpc) is 3.69. The molecule has 0 saturated heterocycles. The first-order valence-electron chi connectivity index (χ1n) is 10.7. The normalized spacial score (nSPS) is 12.4. The van der Waals surface area contributed by atoms with Crippen molar-refractivity contribution in [1.29, 1.82) is 0 Å². The Morgan fingerprint density at radius 1 is 0.971 bits per heavy atom. The lowest BCUT2D eigenvalue weighted by atomic mass is 10.1. The first-order valence-corrected chi connectivity index (χ1v) is 10.7. The zero-order valence-electron chi connectivity index (χ0n) is 18.4. The van der Waals surface area contributed by atoms with E-state index in [-0.39, 0.29) is 19.9 Å². The molecule has 0 unspecified atom stereocenters. The number of hydroxylamine groups is 1. The molecular weight excluding hydrogens is 446 g/mol. The van der Waals surface area contributed by atoms with Crippen LogP contribution in [0.1, 0.15) is 41.8 Å². The van der Waals surface area contributed by atoms with E-state index in [2.05, 4.69) is 39.6 Å². The van der Waals surface area contributed by atoms with Gasteiger partial charge in [0.25, 0.3) is 11.8 Å². The maximum absolute atomic E-state index is 12.2. The Hall–Kier alpha value is -4.15. The summed E-state index contributed by atoms with van der Waals surface area (Å²) in [6.07, 6.45) is 2.27. The molecule has 1 aliphatic carbocycles. The Morgan fingerprint density at radius 3 is 2.06 bits per heavy atom. The van der Waals surface area contributed by atoms with Gasteiger partial charge in [0, 0.05) is 35.0 Å². The highest BCUT2D eigenvalue weighted by Gasteiger charge is 2.21. The van der Waals surface area contributed by atoms with E-state index in [0.717, 1.165) is 18.4 Å². The number of hydrogen-bond donors (Lipinski definition) is 6. The number of nitrogens with two attached hydrogens (primary N) is 1. The Morgan fingerprint density at radius 2 is 1.54 bits per heavy atom. The largest absolute Gasteiger partial charge is 0.339 e. The number of carbonyl (C=O) groups is 3. The van der Waals surface area contributed by atoms with Crippen LogP contribution in [0.15, 0.2) is 48.5 Å². The zero-order chi connectivity index (χ0) is 24.3. The van der Waals surface area contributed by atoms with E-state index >= 15 is 0 Å². The monoisotopic (exact) mass is 475 g/mol. The predicted octanol–water partition coefficient (Wildman–Crippen LogP) is 0.979. The van der Waals surface area contributed by atoms with Crippen molar-refractivity contribution in [3.8, 4) is 23.7 Å². The van der Waals surface area contributed by atoms with E-state index in [0.29, 0.717) is 29.4 Å². The van der Waals surface area contributed by atoms with Crippen molar-refractivity contribution in [2.75, 3.05) is 18.4 Å². The molecule has 35 heavy (non-hydrogen) atoms. The van der Waals surface area contributed by atoms with E-state index in [9.17, 15) is 14.4 Å². The number of anilines is 1. The van der Waals surface area contributed by atoms with Gasteiger partial charge in [-0.15, -0.1) is 0 Å². The lowest BCUT2D eigenvalue weighted by molar-refractivity contribution is -0.130. The summed E-state index contributed by atoms with van der Waals surface area (Å²) in [7, 11) is 0. The number of rotatable bonds is 8. The smallest absolute Gasteiger partial charge is 0.267 e. The molecule has 9 heteroatoms. The van der Waals surface area contributed by atoms with Gasteiger partial charge in [0.1, 0.15) is 6.04 Å². The minimum atomic E-state index is -1.04. The summed E-state index contributed by atoms with van der Waals surface area (Å²) < 4.78 is 0. The van der Waals surface area contributed by atoms with Gasteiger partial charge in [0.15, 0.2) is 0 Å². The van der Waals surface area contributed by atoms with Crippen molar-refractivity contribution < 1.29 is 19.6 Å². The maximum Gasteiger partial charge on any atom is 0.267 e. The lowest BCUT2D eigenvalue weighted by Crippen LogP contribution is -2.50. The molecule has 0 aliphatic heterocycles. The highest BCUT2D eigenvalue weighted by Crippen LogP contribution is 2.18. The highest BCUT2D eigenvalue weighted by molar-refractivity contribution is 5.97. The number of hydrogen-bond acceptors (Lipinski definition) is 6. The summed E-state index contributed by atoms with van der Waals surface area (Å²) in [5.41, 5.74) is 9.32. The molecule has 1 fully saturated rings. The molecule has 1 saturated carbocycles. The Kier molecular flexibility index (Phi) is 10.5. The van der Waals surface area contributed by atoms with Crippen LogP contribution in [0.3, 0.4) is 0 Å². The lowest BCUT2D eigenvalue weighted by Gasteiger charge is -2.14. The molecule has 7 N–H and O–H groups in total. The van der Waals surface area contributed by atoms with Crippen molar-refractivity contribution in [1.82, 2.24) is 16.1 Å². The van der Waals surface area contributed by atoms with Crippen LogP contribution in [-0.4, -0.2) is 48.1 Å². The second-order valence-electron chi connectivity index (χ2n) is 7.60. The molecule has 3 amide bonds. The van der Waals surface area contributed by atoms with E-state index in [4.69, 9.17) is 10.9 Å². The molecule has 1 atom stereocenters. The van der Waals surface area contributed by atoms with Gasteiger partial charge in [-0.3, -0.25) is 19.6 Å². The van der Waals surface area contributed by atoms with Crippen LogP contribution in [0.4, 0.5) is 5.69 Å². The van der Waals surface area contributed by atoms with Gasteiger partial charge < -0.3 is 21.7 Å². The highest BCUT2D eigenvalue weighted by atomic mass is 16.5. The zero-order valence-corrected chi connectivity index (χ0v) is 18.4. The van der Waals surface area contributed by atoms with Gasteiger partial charge in [-0.05, 0) is 73.2 Å². The van der Waals surface area contributed by atoms with Gasteiger partial charge in [-0.25, -0.2) is 5.48 Å². The van der Waals surface area contributed by atoms with Crippen molar-refractivity contribution in [3.05, 3.63) is 65.2 Å². The molecule has 3 rings (SSSR count). The number of carbonyl (C=O) groups excluding carboxylic acids is 3. The quantitative estimate of drug-likeness (QED) is 0.191. The maximum atomic E-state index is 12.2. The minimum absolute atomic E-state index is 0. The first-order chi connectivity index (χ1) is 16.5. The summed E-state index contributed by atoms with van der Waals surface area (Å²) in [5.74, 6) is 9.98. The topological polar surface area (TPSA) is 146 Å². The van der Waals surface area contributed by atoms with Crippen molar-refractivity contribution in [3.63, 3.8) is 0 Å². The number of nitrogens with one attached hydrogen (secondary N) is 4. The second-order valence-corrected chi connectivity index (χ2v) is 7.60. The third-order valence-electron chi connectivity index (χ3n) is 4.89. The molecular formula is C26H29N5O4. The fraction of sp³-hybridized carbons (Fsp3) is 0.269. The molecule has 0 radical (unpaired) electrons. The first kappa shape index (κ1) is 27.1. The molecule has 9 nitrogen and oxygen atoms in total. The molecule has 0 bridgehead atoms. The standard InChI is InChI=1S/C25H25N5O4.CH4/c26-15-22(25(33)30-34)29-24(32)19-9-5-17(6-10-19)3-1-2-4-18-7-11-21(12-8-18)28-23(31)16-27-20-13-14-20;/h5-12,20,22,27,34H,13-16,26H2,(H,28,31)(H,29,32)(H,30,33);1H4/t22-;/m0./s1. The Bertz CT molecular complexity index is 1150. The van der Waals surface area contributed by atoms with Crippen molar-refractivity contribution in [2.24, 2.45) is 5.73 Å². The van der Waals surface area contributed by atoms with Crippen LogP contribution in [-0.2, 0) is 9.59 Å². The molecule has 1 aliphatic rings. The van der Waals surface area contributed by atoms with Crippen LogP contribution in [0.25, 0.3) is 0 Å². The summed E-state index contributed by atoms with van der Waals surface area (Å²) in [6, 6.07) is 13.1. The van der Waals surface area contributed by atoms with Crippen LogP contribution < -0.4 is 27.2 Å². The third kappa shape index (κ3) is 8.95. The molecule has 182 valence electrons. The van der Waals surface area contributed by atoms with Crippen molar-refractivity contribution in [2.45, 2.75) is 32.4 Å². The molecule has 0 heterocycles. The minimum Gasteiger partial charge on any atom is -0.339 e. The molecule has 2 aromatic carbocycles. The molecule has 2 aromatic rings. The number of benzene rings is 2. The SMILES string of the molecule is C.NC[C@H](NC(=O)c1ccc(C#CC#Cc2ccc(NC(=O)CNC3CC3)cc2)cc1)C(=O)NO. The Balaban J connectivity index is 0.00000432. The van der Waals surface area contributed by atoms with E-state index < -0.39 is 17.9 Å². The third-order valence-corrected chi connectivity index (χ3v) is 4.89. The van der Waals surface area contributed by atoms with Crippen LogP contribution in [0.2, 0.25) is 0 Å². The van der Waals surface area contributed by atoms with Gasteiger partial charge in [0.05, 0.1) is 6.54 Å². The van der Waals surface area contributed by atoms with Gasteiger partial charge in [0.2, 0.25) is 5.91 Å². The summed E-state index contributed by atoms with van der Waals surface area (Å²) >= 11 is 0. The van der Waals surface area contributed by atoms with Gasteiger partial charge in [-0.1, -0.05) is 19.3 Å². The summed E-state index contributed by atoms with van der Waals surface area (Å²) in [6.45, 7) is 0.151. The van der Waals surface area contributed by atoms with E-state index in [1.54, 1.807) is 48.5 Å². The average molecular weight is 476 g/mol. The van der Waals surface area contributed by atoms with Gasteiger partial charge in [-0.2, -0.15) is 0 Å². The Labute approximate surface area is 204 Å². The van der Waals surface area contributed by atoms with Crippen LogP contribution in [0.5, 0.6) is 0 Å². The predicted molar refractivity (Wildman–Crippen MR) is 133 cm³/mol. The fourth-order valence-corrected chi connectivity index (χ4v) is 2.83. The van der Waals surface area contributed by atoms with E-state index in [1.165, 1.54) is 5.48 Å². The van der Waals surface area contributed by atoms with E-state index in [1.807, 2.05) is 0 Å². The fourth-order valence-electron chi connectivity index (χ4n) is 2.83.